The maximum Gasteiger partial charge on any atom is 0.183 e. The van der Waals surface area contributed by atoms with E-state index in [0.717, 1.165) is 31.2 Å². The molecule has 0 bridgehead atoms. The molecule has 0 heterocycles. The second-order valence-electron chi connectivity index (χ2n) is 6.59. The molecule has 1 aliphatic carbocycles. The third-order valence-corrected chi connectivity index (χ3v) is 4.80. The summed E-state index contributed by atoms with van der Waals surface area (Å²) in [7, 11) is 4.09. The number of ketones is 1. The summed E-state index contributed by atoms with van der Waals surface area (Å²) in [4.78, 5) is 15.1. The molecule has 1 saturated carbocycles. The van der Waals surface area contributed by atoms with Crippen molar-refractivity contribution in [1.82, 2.24) is 4.90 Å². The summed E-state index contributed by atoms with van der Waals surface area (Å²) in [5.41, 5.74) is 1.88. The zero-order valence-corrected chi connectivity index (χ0v) is 13.3. The summed E-state index contributed by atoms with van der Waals surface area (Å²) in [5.74, 6) is 0.814. The number of carbonyl (C=O) groups is 1. The molecule has 1 aromatic rings. The van der Waals surface area contributed by atoms with Gasteiger partial charge in [0, 0.05) is 5.56 Å². The quantitative estimate of drug-likeness (QED) is 0.764. The third kappa shape index (κ3) is 2.80. The van der Waals surface area contributed by atoms with Gasteiger partial charge in [-0.15, -0.1) is 0 Å². The molecule has 20 heavy (non-hydrogen) atoms. The second kappa shape index (κ2) is 6.09. The zero-order valence-electron chi connectivity index (χ0n) is 13.3. The van der Waals surface area contributed by atoms with Crippen LogP contribution in [-0.4, -0.2) is 30.3 Å². The number of likely N-dealkylation sites (N-methyl/N-ethyl adjacent to an activating group) is 1. The lowest BCUT2D eigenvalue weighted by Gasteiger charge is -2.41. The van der Waals surface area contributed by atoms with Crippen molar-refractivity contribution in [3.8, 4) is 0 Å². The molecule has 0 unspecified atom stereocenters. The number of Topliss-reactive ketones (excluding diaryl/α,β-unsaturated/α-hetero) is 1. The molecular weight excluding hydrogens is 246 g/mol. The van der Waals surface area contributed by atoms with Crippen molar-refractivity contribution in [1.29, 1.82) is 0 Å². The van der Waals surface area contributed by atoms with Gasteiger partial charge in [-0.3, -0.25) is 9.69 Å². The first-order valence-electron chi connectivity index (χ1n) is 7.79. The van der Waals surface area contributed by atoms with Gasteiger partial charge in [0.25, 0.3) is 0 Å². The van der Waals surface area contributed by atoms with E-state index in [9.17, 15) is 4.79 Å². The van der Waals surface area contributed by atoms with Gasteiger partial charge in [0.05, 0.1) is 5.54 Å². The number of benzene rings is 1. The maximum absolute atomic E-state index is 13.0. The number of nitrogens with zero attached hydrogens (tertiary/aromatic N) is 1. The molecule has 0 N–H and O–H groups in total. The third-order valence-electron chi connectivity index (χ3n) is 4.80. The zero-order chi connectivity index (χ0) is 14.8. The minimum absolute atomic E-state index is 0.280. The molecule has 2 nitrogen and oxygen atoms in total. The summed E-state index contributed by atoms with van der Waals surface area (Å²) in [6.07, 6.45) is 5.56. The lowest BCUT2D eigenvalue weighted by atomic mass is 9.75. The Hall–Kier alpha value is -1.15. The van der Waals surface area contributed by atoms with E-state index in [4.69, 9.17) is 0 Å². The van der Waals surface area contributed by atoms with Gasteiger partial charge in [-0.2, -0.15) is 0 Å². The van der Waals surface area contributed by atoms with E-state index in [1.807, 2.05) is 26.2 Å². The van der Waals surface area contributed by atoms with Gasteiger partial charge in [0.15, 0.2) is 5.78 Å². The SMILES string of the molecule is CC(C)c1ccc(C(=O)C2(N(C)C)CCCCC2)cc1. The predicted octanol–water partition coefficient (Wildman–Crippen LogP) is 4.26. The summed E-state index contributed by atoms with van der Waals surface area (Å²) in [5, 5.41) is 0. The van der Waals surface area contributed by atoms with Gasteiger partial charge in [0.2, 0.25) is 0 Å². The topological polar surface area (TPSA) is 20.3 Å². The van der Waals surface area contributed by atoms with Crippen LogP contribution in [0, 0.1) is 0 Å². The number of hydrogen-bond acceptors (Lipinski definition) is 2. The first kappa shape index (κ1) is 15.2. The van der Waals surface area contributed by atoms with E-state index in [2.05, 4.69) is 30.9 Å². The van der Waals surface area contributed by atoms with Crippen LogP contribution < -0.4 is 0 Å². The van der Waals surface area contributed by atoms with E-state index < -0.39 is 0 Å². The van der Waals surface area contributed by atoms with Crippen LogP contribution in [0.3, 0.4) is 0 Å². The number of rotatable bonds is 4. The van der Waals surface area contributed by atoms with E-state index in [1.165, 1.54) is 12.0 Å². The molecule has 2 rings (SSSR count). The largest absolute Gasteiger partial charge is 0.297 e. The Balaban J connectivity index is 2.27. The lowest BCUT2D eigenvalue weighted by Crippen LogP contribution is -2.52. The monoisotopic (exact) mass is 273 g/mol. The summed E-state index contributed by atoms with van der Waals surface area (Å²) in [6.45, 7) is 4.36. The number of carbonyl (C=O) groups excluding carboxylic acids is 1. The highest BCUT2D eigenvalue weighted by Gasteiger charge is 2.41. The molecule has 1 fully saturated rings. The van der Waals surface area contributed by atoms with Crippen molar-refractivity contribution in [3.63, 3.8) is 0 Å². The summed E-state index contributed by atoms with van der Waals surface area (Å²) >= 11 is 0. The summed E-state index contributed by atoms with van der Waals surface area (Å²) < 4.78 is 0. The van der Waals surface area contributed by atoms with Gasteiger partial charge < -0.3 is 0 Å². The Morgan fingerprint density at radius 3 is 2.05 bits per heavy atom. The molecule has 1 aliphatic rings. The van der Waals surface area contributed by atoms with Crippen molar-refractivity contribution in [2.75, 3.05) is 14.1 Å². The fourth-order valence-electron chi connectivity index (χ4n) is 3.30. The predicted molar refractivity (Wildman–Crippen MR) is 84.4 cm³/mol. The summed E-state index contributed by atoms with van der Waals surface area (Å²) in [6, 6.07) is 8.23. The highest BCUT2D eigenvalue weighted by Crippen LogP contribution is 2.35. The Morgan fingerprint density at radius 2 is 1.60 bits per heavy atom. The first-order valence-corrected chi connectivity index (χ1v) is 7.79. The van der Waals surface area contributed by atoms with Crippen LogP contribution in [-0.2, 0) is 0 Å². The molecular formula is C18H27NO. The van der Waals surface area contributed by atoms with Gasteiger partial charge >= 0.3 is 0 Å². The Kier molecular flexibility index (Phi) is 4.64. The van der Waals surface area contributed by atoms with Crippen LogP contribution in [0.2, 0.25) is 0 Å². The molecule has 110 valence electrons. The van der Waals surface area contributed by atoms with E-state index in [1.54, 1.807) is 0 Å². The van der Waals surface area contributed by atoms with Crippen LogP contribution >= 0.6 is 0 Å². The van der Waals surface area contributed by atoms with E-state index in [0.29, 0.717) is 11.7 Å². The minimum atomic E-state index is -0.280. The maximum atomic E-state index is 13.0. The normalized spacial score (nSPS) is 18.5. The van der Waals surface area contributed by atoms with Gasteiger partial charge in [-0.1, -0.05) is 57.4 Å². The Bertz CT molecular complexity index is 453. The molecule has 0 aliphatic heterocycles. The molecule has 0 saturated heterocycles. The second-order valence-corrected chi connectivity index (χ2v) is 6.59. The average Bonchev–Trinajstić information content (AvgIpc) is 2.47. The molecule has 0 spiro atoms. The lowest BCUT2D eigenvalue weighted by molar-refractivity contribution is 0.0564. The van der Waals surface area contributed by atoms with Crippen LogP contribution in [0.5, 0.6) is 0 Å². The van der Waals surface area contributed by atoms with Crippen molar-refractivity contribution in [2.24, 2.45) is 0 Å². The van der Waals surface area contributed by atoms with E-state index >= 15 is 0 Å². The Labute approximate surface area is 123 Å². The molecule has 0 amide bonds. The van der Waals surface area contributed by atoms with Crippen LogP contribution in [0.1, 0.15) is 67.8 Å². The fourth-order valence-corrected chi connectivity index (χ4v) is 3.30. The van der Waals surface area contributed by atoms with Gasteiger partial charge in [0.1, 0.15) is 0 Å². The molecule has 0 radical (unpaired) electrons. The highest BCUT2D eigenvalue weighted by molar-refractivity contribution is 6.03. The molecule has 0 aromatic heterocycles. The standard InChI is InChI=1S/C18H27NO/c1-14(2)15-8-10-16(11-9-15)17(20)18(19(3)4)12-6-5-7-13-18/h8-11,14H,5-7,12-13H2,1-4H3. The minimum Gasteiger partial charge on any atom is -0.297 e. The molecule has 1 aromatic carbocycles. The van der Waals surface area contributed by atoms with Gasteiger partial charge in [-0.05, 0) is 38.4 Å². The fraction of sp³-hybridized carbons (Fsp3) is 0.611. The van der Waals surface area contributed by atoms with Crippen LogP contribution in [0.15, 0.2) is 24.3 Å². The van der Waals surface area contributed by atoms with Gasteiger partial charge in [-0.25, -0.2) is 0 Å². The smallest absolute Gasteiger partial charge is 0.183 e. The number of hydrogen-bond donors (Lipinski definition) is 0. The molecule has 2 heteroatoms. The average molecular weight is 273 g/mol. The first-order chi connectivity index (χ1) is 9.47. The highest BCUT2D eigenvalue weighted by atomic mass is 16.1. The van der Waals surface area contributed by atoms with Crippen molar-refractivity contribution >= 4 is 5.78 Å². The van der Waals surface area contributed by atoms with Crippen molar-refractivity contribution < 1.29 is 4.79 Å². The van der Waals surface area contributed by atoms with E-state index in [-0.39, 0.29) is 5.54 Å². The molecule has 0 atom stereocenters. The van der Waals surface area contributed by atoms with Crippen molar-refractivity contribution in [2.45, 2.75) is 57.4 Å². The van der Waals surface area contributed by atoms with Crippen molar-refractivity contribution in [3.05, 3.63) is 35.4 Å². The van der Waals surface area contributed by atoms with Crippen LogP contribution in [0.25, 0.3) is 0 Å². The Morgan fingerprint density at radius 1 is 1.05 bits per heavy atom. The van der Waals surface area contributed by atoms with Crippen LogP contribution in [0.4, 0.5) is 0 Å².